The first kappa shape index (κ1) is 27.6. The third-order valence-corrected chi connectivity index (χ3v) is 7.70. The molecule has 2 nitrogen and oxygen atoms in total. The van der Waals surface area contributed by atoms with Crippen LogP contribution in [0.25, 0.3) is 22.5 Å². The molecule has 0 unspecified atom stereocenters. The summed E-state index contributed by atoms with van der Waals surface area (Å²) in [6.45, 7) is 9.02. The molecule has 0 spiro atoms. The Labute approximate surface area is 244 Å². The monoisotopic (exact) mass is 664 g/mol. The van der Waals surface area contributed by atoms with E-state index in [9.17, 15) is 0 Å². The number of hydrogen-bond acceptors (Lipinski definition) is 2. The van der Waals surface area contributed by atoms with E-state index in [4.69, 9.17) is 34.8 Å². The Morgan fingerprint density at radius 2 is 1.19 bits per heavy atom. The highest BCUT2D eigenvalue weighted by atomic mass is 79.9. The Morgan fingerprint density at radius 3 is 1.92 bits per heavy atom. The molecule has 36 heavy (non-hydrogen) atoms. The molecule has 2 aliphatic rings. The molecule has 2 aliphatic carbocycles. The van der Waals surface area contributed by atoms with Gasteiger partial charge in [-0.1, -0.05) is 115 Å². The largest absolute Gasteiger partial charge is 0.256 e. The molecule has 0 saturated heterocycles. The minimum Gasteiger partial charge on any atom is -0.256 e. The zero-order valence-electron chi connectivity index (χ0n) is 20.3. The SMILES string of the molecule is CC1(C)c2cc(Br)ccc2-c2ncc(Br)cc21.CC1(C)c2ccccc2-c2ncccc21.ClC(Cl)Cl. The van der Waals surface area contributed by atoms with Gasteiger partial charge in [-0.25, -0.2) is 0 Å². The first-order valence-corrected chi connectivity index (χ1v) is 14.3. The van der Waals surface area contributed by atoms with Crippen LogP contribution in [0, 0.1) is 0 Å². The predicted molar refractivity (Wildman–Crippen MR) is 160 cm³/mol. The number of alkyl halides is 3. The van der Waals surface area contributed by atoms with Crippen LogP contribution in [0.2, 0.25) is 0 Å². The molecule has 186 valence electrons. The topological polar surface area (TPSA) is 25.8 Å². The van der Waals surface area contributed by atoms with Crippen LogP contribution >= 0.6 is 66.7 Å². The Hall–Kier alpha value is -1.43. The van der Waals surface area contributed by atoms with E-state index in [0.29, 0.717) is 0 Å². The van der Waals surface area contributed by atoms with Gasteiger partial charge in [0.2, 0.25) is 0 Å². The van der Waals surface area contributed by atoms with Crippen molar-refractivity contribution in [3.63, 3.8) is 0 Å². The second-order valence-electron chi connectivity index (χ2n) is 9.68. The highest BCUT2D eigenvalue weighted by Crippen LogP contribution is 2.49. The second kappa shape index (κ2) is 10.7. The summed E-state index contributed by atoms with van der Waals surface area (Å²) in [4.78, 5) is 9.06. The van der Waals surface area contributed by atoms with E-state index in [1.54, 1.807) is 0 Å². The maximum absolute atomic E-state index is 4.81. The van der Waals surface area contributed by atoms with Crippen molar-refractivity contribution in [2.24, 2.45) is 0 Å². The second-order valence-corrected chi connectivity index (χ2v) is 13.5. The Morgan fingerprint density at radius 1 is 0.639 bits per heavy atom. The van der Waals surface area contributed by atoms with Crippen LogP contribution in [0.4, 0.5) is 0 Å². The maximum Gasteiger partial charge on any atom is 0.180 e. The van der Waals surface area contributed by atoms with E-state index in [-0.39, 0.29) is 10.8 Å². The van der Waals surface area contributed by atoms with E-state index in [2.05, 4.69) is 124 Å². The van der Waals surface area contributed by atoms with Gasteiger partial charge < -0.3 is 0 Å². The average molecular weight is 668 g/mol. The Bertz CT molecular complexity index is 1310. The Balaban J connectivity index is 0.000000148. The molecule has 0 bridgehead atoms. The fraction of sp³-hybridized carbons (Fsp3) is 0.241. The van der Waals surface area contributed by atoms with Gasteiger partial charge in [-0.15, -0.1) is 0 Å². The van der Waals surface area contributed by atoms with Crippen molar-refractivity contribution in [3.05, 3.63) is 104 Å². The first-order chi connectivity index (χ1) is 16.9. The summed E-state index contributed by atoms with van der Waals surface area (Å²) < 4.78 is 1.41. The molecule has 2 aromatic carbocycles. The van der Waals surface area contributed by atoms with Crippen LogP contribution in [0.1, 0.15) is 49.9 Å². The number of pyridine rings is 2. The van der Waals surface area contributed by atoms with Crippen LogP contribution in [-0.4, -0.2) is 14.3 Å². The van der Waals surface area contributed by atoms with Crippen molar-refractivity contribution in [2.45, 2.75) is 42.8 Å². The summed E-state index contributed by atoms with van der Waals surface area (Å²) in [7, 11) is 0. The molecule has 6 rings (SSSR count). The fourth-order valence-electron chi connectivity index (χ4n) is 5.02. The first-order valence-electron chi connectivity index (χ1n) is 11.4. The van der Waals surface area contributed by atoms with Gasteiger partial charge in [0.1, 0.15) is 0 Å². The van der Waals surface area contributed by atoms with Gasteiger partial charge >= 0.3 is 0 Å². The lowest BCUT2D eigenvalue weighted by molar-refractivity contribution is 0.658. The molecule has 0 radical (unpaired) electrons. The van der Waals surface area contributed by atoms with Crippen molar-refractivity contribution < 1.29 is 0 Å². The molecule has 7 heteroatoms. The number of rotatable bonds is 0. The van der Waals surface area contributed by atoms with Crippen LogP contribution in [-0.2, 0) is 10.8 Å². The molecular formula is C29H25Br2Cl3N2. The van der Waals surface area contributed by atoms with Crippen molar-refractivity contribution in [2.75, 3.05) is 0 Å². The summed E-state index contributed by atoms with van der Waals surface area (Å²) in [6.07, 6.45) is 3.74. The van der Waals surface area contributed by atoms with Crippen molar-refractivity contribution in [3.8, 4) is 22.5 Å². The minimum absolute atomic E-state index is 0.0191. The van der Waals surface area contributed by atoms with Gasteiger partial charge in [0.05, 0.1) is 11.4 Å². The van der Waals surface area contributed by atoms with Crippen LogP contribution in [0.3, 0.4) is 0 Å². The van der Waals surface area contributed by atoms with Crippen LogP contribution in [0.15, 0.2) is 82.0 Å². The van der Waals surface area contributed by atoms with E-state index in [1.807, 2.05) is 18.5 Å². The maximum atomic E-state index is 4.81. The number of halogens is 5. The highest BCUT2D eigenvalue weighted by molar-refractivity contribution is 9.10. The highest BCUT2D eigenvalue weighted by Gasteiger charge is 2.37. The van der Waals surface area contributed by atoms with Gasteiger partial charge in [-0.05, 0) is 62.4 Å². The van der Waals surface area contributed by atoms with Crippen LogP contribution < -0.4 is 0 Å². The fourth-order valence-corrected chi connectivity index (χ4v) is 5.71. The molecule has 0 aliphatic heterocycles. The zero-order valence-corrected chi connectivity index (χ0v) is 25.7. The summed E-state index contributed by atoms with van der Waals surface area (Å²) in [5, 5.41) is 0. The van der Waals surface area contributed by atoms with Crippen molar-refractivity contribution >= 4 is 66.7 Å². The lowest BCUT2D eigenvalue weighted by Crippen LogP contribution is -2.15. The van der Waals surface area contributed by atoms with Gasteiger partial charge in [0.15, 0.2) is 4.30 Å². The molecule has 0 atom stereocenters. The standard InChI is InChI=1S/C14H11Br2N.C14H13N.CHCl3/c1-14(2)11-5-8(15)3-4-10(11)13-12(14)6-9(16)7-17-13;1-14(2)11-7-4-3-6-10(11)13-12(14)8-5-9-15-13;2-1(3)4/h3-7H,1-2H3;3-9H,1-2H3;1H. The normalized spacial score (nSPS) is 14.9. The molecule has 0 N–H and O–H groups in total. The molecule has 0 amide bonds. The summed E-state index contributed by atoms with van der Waals surface area (Å²) in [5.74, 6) is 0. The van der Waals surface area contributed by atoms with E-state index >= 15 is 0 Å². The zero-order chi connectivity index (χ0) is 26.3. The molecule has 2 aromatic heterocycles. The average Bonchev–Trinajstić information content (AvgIpc) is 3.19. The summed E-state index contributed by atoms with van der Waals surface area (Å²) in [5.41, 5.74) is 10.3. The smallest absolute Gasteiger partial charge is 0.180 e. The van der Waals surface area contributed by atoms with E-state index < -0.39 is 4.30 Å². The third kappa shape index (κ3) is 5.26. The number of benzene rings is 2. The quantitative estimate of drug-likeness (QED) is 0.175. The Kier molecular flexibility index (Phi) is 8.24. The molecular weight excluding hydrogens is 643 g/mol. The number of hydrogen-bond donors (Lipinski definition) is 0. The minimum atomic E-state index is -0.750. The predicted octanol–water partition coefficient (Wildman–Crippen LogP) is 10.3. The van der Waals surface area contributed by atoms with Crippen molar-refractivity contribution in [1.29, 1.82) is 0 Å². The number of aromatic nitrogens is 2. The van der Waals surface area contributed by atoms with Gasteiger partial charge in [-0.3, -0.25) is 9.97 Å². The summed E-state index contributed by atoms with van der Waals surface area (Å²) >= 11 is 21.5. The summed E-state index contributed by atoms with van der Waals surface area (Å²) in [6, 6.07) is 21.4. The number of fused-ring (bicyclic) bond motifs is 6. The van der Waals surface area contributed by atoms with Crippen molar-refractivity contribution in [1.82, 2.24) is 9.97 Å². The van der Waals surface area contributed by atoms with E-state index in [1.165, 1.54) is 33.4 Å². The molecule has 0 saturated carbocycles. The van der Waals surface area contributed by atoms with Crippen LogP contribution in [0.5, 0.6) is 0 Å². The van der Waals surface area contributed by atoms with Gasteiger partial charge in [0, 0.05) is 43.3 Å². The van der Waals surface area contributed by atoms with E-state index in [0.717, 1.165) is 20.3 Å². The molecule has 4 aromatic rings. The molecule has 0 fully saturated rings. The van der Waals surface area contributed by atoms with Gasteiger partial charge in [0.25, 0.3) is 0 Å². The van der Waals surface area contributed by atoms with Gasteiger partial charge in [-0.2, -0.15) is 0 Å². The third-order valence-electron chi connectivity index (χ3n) is 6.77. The number of nitrogens with zero attached hydrogens (tertiary/aromatic N) is 2. The lowest BCUT2D eigenvalue weighted by atomic mass is 9.83. The molecule has 2 heterocycles. The lowest BCUT2D eigenvalue weighted by Gasteiger charge is -2.21.